The molecule has 0 bridgehead atoms. The van der Waals surface area contributed by atoms with Gasteiger partial charge in [-0.3, -0.25) is 4.98 Å². The molecule has 0 radical (unpaired) electrons. The fraction of sp³-hybridized carbons (Fsp3) is 0.100. The SMILES string of the molecule is O=C(O)c1cc(C(F)(F)I)cc2ccn(Cc3cc4ccccc4cn3)c12. The van der Waals surface area contributed by atoms with Gasteiger partial charge in [-0.2, -0.15) is 8.78 Å². The number of pyridine rings is 1. The number of rotatable bonds is 4. The molecule has 4 aromatic rings. The van der Waals surface area contributed by atoms with Gasteiger partial charge in [-0.05, 0) is 29.7 Å². The number of halogens is 3. The summed E-state index contributed by atoms with van der Waals surface area (Å²) < 4.78 is 26.0. The highest BCUT2D eigenvalue weighted by Crippen LogP contribution is 2.38. The number of nitrogens with zero attached hydrogens (tertiary/aromatic N) is 2. The van der Waals surface area contributed by atoms with E-state index in [0.717, 1.165) is 45.1 Å². The summed E-state index contributed by atoms with van der Waals surface area (Å²) in [7, 11) is 0. The zero-order chi connectivity index (χ0) is 19.2. The fourth-order valence-electron chi connectivity index (χ4n) is 3.20. The maximum atomic E-state index is 13.7. The average molecular weight is 478 g/mol. The van der Waals surface area contributed by atoms with Crippen LogP contribution in [0.5, 0.6) is 0 Å². The van der Waals surface area contributed by atoms with Gasteiger partial charge in [0.25, 0.3) is 0 Å². The number of carboxylic acids is 1. The molecule has 4 nitrogen and oxygen atoms in total. The van der Waals surface area contributed by atoms with Gasteiger partial charge < -0.3 is 9.67 Å². The minimum atomic E-state index is -3.14. The van der Waals surface area contributed by atoms with Crippen LogP contribution in [0, 0.1) is 0 Å². The van der Waals surface area contributed by atoms with Crippen molar-refractivity contribution in [2.45, 2.75) is 10.5 Å². The second-order valence-corrected chi connectivity index (χ2v) is 7.59. The van der Waals surface area contributed by atoms with Crippen molar-refractivity contribution in [2.75, 3.05) is 0 Å². The molecule has 0 aliphatic heterocycles. The molecule has 0 fully saturated rings. The Kier molecular flexibility index (Phi) is 4.33. The van der Waals surface area contributed by atoms with E-state index in [-0.39, 0.29) is 11.1 Å². The molecule has 0 aliphatic rings. The summed E-state index contributed by atoms with van der Waals surface area (Å²) >= 11 is 1.01. The number of carbonyl (C=O) groups is 1. The number of alkyl halides is 3. The molecule has 0 saturated heterocycles. The maximum absolute atomic E-state index is 13.7. The van der Waals surface area contributed by atoms with Gasteiger partial charge in [0.05, 0.1) is 23.3 Å². The van der Waals surface area contributed by atoms with Crippen molar-refractivity contribution in [2.24, 2.45) is 0 Å². The highest BCUT2D eigenvalue weighted by molar-refractivity contribution is 14.1. The number of fused-ring (bicyclic) bond motifs is 2. The fourth-order valence-corrected chi connectivity index (χ4v) is 3.51. The van der Waals surface area contributed by atoms with Crippen molar-refractivity contribution in [1.29, 1.82) is 0 Å². The zero-order valence-corrected chi connectivity index (χ0v) is 16.0. The highest BCUT2D eigenvalue weighted by atomic mass is 127. The van der Waals surface area contributed by atoms with Crippen molar-refractivity contribution in [3.8, 4) is 0 Å². The molecule has 0 atom stereocenters. The van der Waals surface area contributed by atoms with Crippen molar-refractivity contribution >= 4 is 50.2 Å². The van der Waals surface area contributed by atoms with Gasteiger partial charge in [-0.25, -0.2) is 4.79 Å². The second-order valence-electron chi connectivity index (χ2n) is 6.23. The van der Waals surface area contributed by atoms with E-state index >= 15 is 0 Å². The second kappa shape index (κ2) is 6.56. The van der Waals surface area contributed by atoms with Gasteiger partial charge in [-0.1, -0.05) is 24.3 Å². The van der Waals surface area contributed by atoms with E-state index < -0.39 is 9.90 Å². The van der Waals surface area contributed by atoms with Gasteiger partial charge >= 0.3 is 9.90 Å². The highest BCUT2D eigenvalue weighted by Gasteiger charge is 2.29. The van der Waals surface area contributed by atoms with Gasteiger partial charge in [0.15, 0.2) is 0 Å². The number of hydrogen-bond donors (Lipinski definition) is 1. The predicted octanol–water partition coefficient (Wildman–Crippen LogP) is 5.42. The summed E-state index contributed by atoms with van der Waals surface area (Å²) in [5.74, 6) is -1.24. The topological polar surface area (TPSA) is 55.1 Å². The lowest BCUT2D eigenvalue weighted by atomic mass is 10.1. The van der Waals surface area contributed by atoms with Crippen LogP contribution >= 0.6 is 22.6 Å². The summed E-state index contributed by atoms with van der Waals surface area (Å²) in [6.45, 7) is 0.342. The van der Waals surface area contributed by atoms with E-state index in [9.17, 15) is 18.7 Å². The summed E-state index contributed by atoms with van der Waals surface area (Å²) in [4.78, 5) is 16.1. The lowest BCUT2D eigenvalue weighted by Crippen LogP contribution is -2.09. The molecular weight excluding hydrogens is 465 g/mol. The first-order valence-electron chi connectivity index (χ1n) is 8.10. The Hall–Kier alpha value is -2.55. The molecular formula is C20H13F2IN2O2. The van der Waals surface area contributed by atoms with Crippen molar-refractivity contribution < 1.29 is 18.7 Å². The molecule has 27 heavy (non-hydrogen) atoms. The van der Waals surface area contributed by atoms with Gasteiger partial charge in [0, 0.05) is 51.3 Å². The molecule has 0 spiro atoms. The molecule has 0 aliphatic carbocycles. The van der Waals surface area contributed by atoms with Crippen molar-refractivity contribution in [3.63, 3.8) is 0 Å². The first kappa shape index (κ1) is 17.8. The zero-order valence-electron chi connectivity index (χ0n) is 13.9. The summed E-state index contributed by atoms with van der Waals surface area (Å²) in [5.41, 5.74) is 0.687. The number of carboxylic acid groups (broad SMARTS) is 1. The third-order valence-corrected chi connectivity index (χ3v) is 5.06. The molecule has 1 N–H and O–H groups in total. The monoisotopic (exact) mass is 478 g/mol. The number of aromatic carboxylic acids is 1. The molecule has 7 heteroatoms. The molecule has 2 heterocycles. The third kappa shape index (κ3) is 3.39. The van der Waals surface area contributed by atoms with E-state index in [2.05, 4.69) is 4.98 Å². The molecule has 4 rings (SSSR count). The predicted molar refractivity (Wildman–Crippen MR) is 108 cm³/mol. The Bertz CT molecular complexity index is 1180. The Morgan fingerprint density at radius 1 is 1.11 bits per heavy atom. The van der Waals surface area contributed by atoms with Gasteiger partial charge in [0.2, 0.25) is 0 Å². The van der Waals surface area contributed by atoms with Crippen molar-refractivity contribution in [3.05, 3.63) is 77.7 Å². The van der Waals surface area contributed by atoms with Crippen LogP contribution in [0.2, 0.25) is 0 Å². The molecule has 2 aromatic heterocycles. The molecule has 0 unspecified atom stereocenters. The first-order chi connectivity index (χ1) is 12.8. The molecule has 0 amide bonds. The Balaban J connectivity index is 1.83. The minimum Gasteiger partial charge on any atom is -0.478 e. The first-order valence-corrected chi connectivity index (χ1v) is 9.18. The quantitative estimate of drug-likeness (QED) is 0.315. The maximum Gasteiger partial charge on any atom is 0.337 e. The Morgan fingerprint density at radius 3 is 2.56 bits per heavy atom. The largest absolute Gasteiger partial charge is 0.478 e. The average Bonchev–Trinajstić information content (AvgIpc) is 3.03. The molecule has 0 saturated carbocycles. The van der Waals surface area contributed by atoms with E-state index in [0.29, 0.717) is 17.4 Å². The van der Waals surface area contributed by atoms with Crippen LogP contribution in [-0.2, 0) is 10.5 Å². The van der Waals surface area contributed by atoms with E-state index in [1.54, 1.807) is 23.0 Å². The Labute approximate surface area is 166 Å². The standard InChI is InChI=1S/C20H13F2IN2O2/c21-20(22,23)15-7-13-5-6-25(18(13)17(9-15)19(26)27)11-16-8-12-3-1-2-4-14(12)10-24-16/h1-10H,11H2,(H,26,27). The van der Waals surface area contributed by atoms with Crippen LogP contribution in [-0.4, -0.2) is 20.6 Å². The smallest absolute Gasteiger partial charge is 0.337 e. The van der Waals surface area contributed by atoms with Crippen LogP contribution in [0.4, 0.5) is 8.78 Å². The third-order valence-electron chi connectivity index (χ3n) is 4.44. The Morgan fingerprint density at radius 2 is 1.85 bits per heavy atom. The lowest BCUT2D eigenvalue weighted by molar-refractivity contribution is 0.0698. The van der Waals surface area contributed by atoms with Gasteiger partial charge in [0.1, 0.15) is 0 Å². The summed E-state index contributed by atoms with van der Waals surface area (Å²) in [6.07, 6.45) is 3.46. The minimum absolute atomic E-state index is 0.148. The number of aromatic nitrogens is 2. The number of benzene rings is 2. The van der Waals surface area contributed by atoms with Crippen molar-refractivity contribution in [1.82, 2.24) is 9.55 Å². The van der Waals surface area contributed by atoms with E-state index in [1.165, 1.54) is 6.07 Å². The van der Waals surface area contributed by atoms with Crippen LogP contribution in [0.25, 0.3) is 21.7 Å². The molecule has 2 aromatic carbocycles. The van der Waals surface area contributed by atoms with Crippen LogP contribution < -0.4 is 0 Å². The molecule has 136 valence electrons. The van der Waals surface area contributed by atoms with Crippen LogP contribution in [0.15, 0.2) is 60.9 Å². The van der Waals surface area contributed by atoms with Crippen LogP contribution in [0.3, 0.4) is 0 Å². The summed E-state index contributed by atoms with van der Waals surface area (Å²) in [5, 5.41) is 12.1. The van der Waals surface area contributed by atoms with E-state index in [1.807, 2.05) is 30.3 Å². The summed E-state index contributed by atoms with van der Waals surface area (Å²) in [6, 6.07) is 13.8. The van der Waals surface area contributed by atoms with E-state index in [4.69, 9.17) is 0 Å². The lowest BCUT2D eigenvalue weighted by Gasteiger charge is -2.13. The normalized spacial score (nSPS) is 12.0. The van der Waals surface area contributed by atoms with Crippen LogP contribution in [0.1, 0.15) is 21.6 Å². The van der Waals surface area contributed by atoms with Gasteiger partial charge in [-0.15, -0.1) is 0 Å². The number of hydrogen-bond acceptors (Lipinski definition) is 2.